The van der Waals surface area contributed by atoms with Gasteiger partial charge in [-0.3, -0.25) is 10.1 Å². The second kappa shape index (κ2) is 9.23. The first-order chi connectivity index (χ1) is 13.2. The van der Waals surface area contributed by atoms with E-state index in [1.54, 1.807) is 25.3 Å². The monoisotopic (exact) mass is 386 g/mol. The van der Waals surface area contributed by atoms with Crippen molar-refractivity contribution in [2.45, 2.75) is 19.8 Å². The Labute approximate surface area is 162 Å². The van der Waals surface area contributed by atoms with Crippen LogP contribution in [0.1, 0.15) is 19.8 Å². The fourth-order valence-corrected chi connectivity index (χ4v) is 3.29. The zero-order valence-corrected chi connectivity index (χ0v) is 16.2. The van der Waals surface area contributed by atoms with Crippen molar-refractivity contribution in [3.63, 3.8) is 0 Å². The normalized spacial score (nSPS) is 10.6. The molecule has 3 rings (SSSR count). The van der Waals surface area contributed by atoms with Crippen LogP contribution < -0.4 is 19.5 Å². The van der Waals surface area contributed by atoms with Crippen LogP contribution in [0.3, 0.4) is 0 Å². The summed E-state index contributed by atoms with van der Waals surface area (Å²) in [6.45, 7) is 2.73. The van der Waals surface area contributed by atoms with Gasteiger partial charge < -0.3 is 14.2 Å². The smallest absolute Gasteiger partial charge is 0.264 e. The highest BCUT2D eigenvalue weighted by Crippen LogP contribution is 2.29. The molecule has 1 aromatic heterocycles. The highest BCUT2D eigenvalue weighted by Gasteiger charge is 2.10. The highest BCUT2D eigenvalue weighted by atomic mass is 32.1. The van der Waals surface area contributed by atoms with E-state index < -0.39 is 0 Å². The van der Waals surface area contributed by atoms with Crippen molar-refractivity contribution in [3.8, 4) is 17.2 Å². The van der Waals surface area contributed by atoms with Crippen molar-refractivity contribution in [1.29, 1.82) is 0 Å². The number of unbranched alkanes of at least 4 members (excludes halogenated alkanes) is 1. The highest BCUT2D eigenvalue weighted by molar-refractivity contribution is 7.22. The van der Waals surface area contributed by atoms with Gasteiger partial charge in [0.05, 0.1) is 23.9 Å². The second-order valence-electron chi connectivity index (χ2n) is 5.87. The number of hydrogen-bond donors (Lipinski definition) is 1. The fourth-order valence-electron chi connectivity index (χ4n) is 2.38. The Hall–Kier alpha value is -2.80. The number of fused-ring (bicyclic) bond motifs is 1. The third kappa shape index (κ3) is 5.34. The SMILES string of the molecule is CCCCOc1ccc2nc(NC(=O)COc3cccc(OC)c3)sc2c1. The number of methoxy groups -OCH3 is 1. The maximum atomic E-state index is 12.1. The number of aromatic nitrogens is 1. The van der Waals surface area contributed by atoms with Crippen LogP contribution >= 0.6 is 11.3 Å². The maximum Gasteiger partial charge on any atom is 0.264 e. The Morgan fingerprint density at radius 2 is 1.93 bits per heavy atom. The molecule has 7 heteroatoms. The summed E-state index contributed by atoms with van der Waals surface area (Å²) in [4.78, 5) is 16.6. The number of nitrogens with zero attached hydrogens (tertiary/aromatic N) is 1. The molecule has 0 bridgehead atoms. The summed E-state index contributed by atoms with van der Waals surface area (Å²) >= 11 is 1.41. The average Bonchev–Trinajstić information content (AvgIpc) is 3.08. The van der Waals surface area contributed by atoms with Crippen molar-refractivity contribution >= 4 is 32.6 Å². The topological polar surface area (TPSA) is 69.7 Å². The number of ether oxygens (including phenoxy) is 3. The Kier molecular flexibility index (Phi) is 6.49. The van der Waals surface area contributed by atoms with E-state index in [4.69, 9.17) is 14.2 Å². The predicted molar refractivity (Wildman–Crippen MR) is 107 cm³/mol. The molecular weight excluding hydrogens is 364 g/mol. The van der Waals surface area contributed by atoms with E-state index in [-0.39, 0.29) is 12.5 Å². The van der Waals surface area contributed by atoms with E-state index in [1.165, 1.54) is 11.3 Å². The van der Waals surface area contributed by atoms with Crippen molar-refractivity contribution in [2.75, 3.05) is 25.6 Å². The van der Waals surface area contributed by atoms with Crippen LogP contribution in [0, 0.1) is 0 Å². The first-order valence-electron chi connectivity index (χ1n) is 8.78. The number of carbonyl (C=O) groups is 1. The minimum Gasteiger partial charge on any atom is -0.497 e. The Morgan fingerprint density at radius 1 is 1.11 bits per heavy atom. The van der Waals surface area contributed by atoms with Crippen LogP contribution in [-0.4, -0.2) is 31.2 Å². The van der Waals surface area contributed by atoms with Crippen LogP contribution in [0.5, 0.6) is 17.2 Å². The summed E-state index contributed by atoms with van der Waals surface area (Å²) in [5.74, 6) is 1.80. The van der Waals surface area contributed by atoms with Crippen molar-refractivity contribution < 1.29 is 19.0 Å². The molecule has 0 aliphatic rings. The molecule has 1 heterocycles. The molecule has 0 unspecified atom stereocenters. The maximum absolute atomic E-state index is 12.1. The van der Waals surface area contributed by atoms with Gasteiger partial charge in [-0.05, 0) is 36.8 Å². The molecular formula is C20H22N2O4S. The van der Waals surface area contributed by atoms with Gasteiger partial charge in [-0.1, -0.05) is 30.7 Å². The minimum atomic E-state index is -0.267. The molecule has 0 saturated heterocycles. The van der Waals surface area contributed by atoms with Gasteiger partial charge in [0, 0.05) is 6.07 Å². The van der Waals surface area contributed by atoms with Crippen molar-refractivity contribution in [3.05, 3.63) is 42.5 Å². The number of anilines is 1. The lowest BCUT2D eigenvalue weighted by Crippen LogP contribution is -2.19. The average molecular weight is 386 g/mol. The van der Waals surface area contributed by atoms with Crippen LogP contribution in [0.25, 0.3) is 10.2 Å². The summed E-state index contributed by atoms with van der Waals surface area (Å²) in [7, 11) is 1.58. The van der Waals surface area contributed by atoms with Gasteiger partial charge in [0.1, 0.15) is 17.2 Å². The Bertz CT molecular complexity index is 910. The Balaban J connectivity index is 1.57. The van der Waals surface area contributed by atoms with E-state index >= 15 is 0 Å². The van der Waals surface area contributed by atoms with E-state index in [9.17, 15) is 4.79 Å². The molecule has 0 spiro atoms. The van der Waals surface area contributed by atoms with E-state index in [0.29, 0.717) is 23.2 Å². The van der Waals surface area contributed by atoms with Crippen LogP contribution in [0.15, 0.2) is 42.5 Å². The summed E-state index contributed by atoms with van der Waals surface area (Å²) in [6, 6.07) is 12.9. The molecule has 6 nitrogen and oxygen atoms in total. The molecule has 0 saturated carbocycles. The molecule has 0 aliphatic carbocycles. The number of nitrogens with one attached hydrogen (secondary N) is 1. The number of rotatable bonds is 9. The molecule has 0 aliphatic heterocycles. The number of thiazole rings is 1. The second-order valence-corrected chi connectivity index (χ2v) is 6.90. The Morgan fingerprint density at radius 3 is 2.74 bits per heavy atom. The molecule has 142 valence electrons. The van der Waals surface area contributed by atoms with Crippen LogP contribution in [0.4, 0.5) is 5.13 Å². The molecule has 0 atom stereocenters. The van der Waals surface area contributed by atoms with Crippen molar-refractivity contribution in [2.24, 2.45) is 0 Å². The van der Waals surface area contributed by atoms with Crippen LogP contribution in [-0.2, 0) is 4.79 Å². The largest absolute Gasteiger partial charge is 0.497 e. The summed E-state index contributed by atoms with van der Waals surface area (Å²) in [5.41, 5.74) is 0.826. The standard InChI is InChI=1S/C20H22N2O4S/c1-3-4-10-25-16-8-9-17-18(12-16)27-20(21-17)22-19(23)13-26-15-7-5-6-14(11-15)24-2/h5-9,11-12H,3-4,10,13H2,1-2H3,(H,21,22,23). The molecule has 2 aromatic carbocycles. The van der Waals surface area contributed by atoms with Gasteiger partial charge in [-0.2, -0.15) is 0 Å². The van der Waals surface area contributed by atoms with Gasteiger partial charge in [0.25, 0.3) is 5.91 Å². The zero-order valence-electron chi connectivity index (χ0n) is 15.4. The first-order valence-corrected chi connectivity index (χ1v) is 9.59. The molecule has 0 fully saturated rings. The van der Waals surface area contributed by atoms with Crippen molar-refractivity contribution in [1.82, 2.24) is 4.98 Å². The van der Waals surface area contributed by atoms with Gasteiger partial charge in [-0.25, -0.2) is 4.98 Å². The van der Waals surface area contributed by atoms with E-state index in [2.05, 4.69) is 17.2 Å². The molecule has 27 heavy (non-hydrogen) atoms. The first kappa shape index (κ1) is 19.0. The number of hydrogen-bond acceptors (Lipinski definition) is 6. The lowest BCUT2D eigenvalue weighted by molar-refractivity contribution is -0.118. The number of carbonyl (C=O) groups excluding carboxylic acids is 1. The number of amides is 1. The summed E-state index contributed by atoms with van der Waals surface area (Å²) < 4.78 is 17.3. The summed E-state index contributed by atoms with van der Waals surface area (Å²) in [6.07, 6.45) is 2.12. The third-order valence-electron chi connectivity index (χ3n) is 3.78. The quantitative estimate of drug-likeness (QED) is 0.548. The molecule has 1 amide bonds. The lowest BCUT2D eigenvalue weighted by atomic mass is 10.3. The van der Waals surface area contributed by atoms with E-state index in [0.717, 1.165) is 28.8 Å². The minimum absolute atomic E-state index is 0.103. The summed E-state index contributed by atoms with van der Waals surface area (Å²) in [5, 5.41) is 3.31. The number of benzene rings is 2. The predicted octanol–water partition coefficient (Wildman–Crippen LogP) is 4.50. The molecule has 1 N–H and O–H groups in total. The van der Waals surface area contributed by atoms with Crippen LogP contribution in [0.2, 0.25) is 0 Å². The molecule has 3 aromatic rings. The zero-order chi connectivity index (χ0) is 19.1. The third-order valence-corrected chi connectivity index (χ3v) is 4.72. The van der Waals surface area contributed by atoms with Gasteiger partial charge in [0.2, 0.25) is 0 Å². The molecule has 0 radical (unpaired) electrons. The van der Waals surface area contributed by atoms with Gasteiger partial charge in [0.15, 0.2) is 11.7 Å². The fraction of sp³-hybridized carbons (Fsp3) is 0.300. The van der Waals surface area contributed by atoms with Gasteiger partial charge >= 0.3 is 0 Å². The van der Waals surface area contributed by atoms with Gasteiger partial charge in [-0.15, -0.1) is 0 Å². The van der Waals surface area contributed by atoms with E-state index in [1.807, 2.05) is 24.3 Å². The lowest BCUT2D eigenvalue weighted by Gasteiger charge is -2.07.